The first-order valence-corrected chi connectivity index (χ1v) is 7.36. The molecule has 1 aromatic rings. The van der Waals surface area contributed by atoms with Crippen molar-refractivity contribution in [2.75, 3.05) is 26.9 Å². The van der Waals surface area contributed by atoms with Crippen molar-refractivity contribution in [1.82, 2.24) is 10.2 Å². The Bertz CT molecular complexity index is 604. The average Bonchev–Trinajstić information content (AvgIpc) is 3.13. The van der Waals surface area contributed by atoms with Gasteiger partial charge in [0.1, 0.15) is 6.54 Å². The quantitative estimate of drug-likeness (QED) is 0.777. The van der Waals surface area contributed by atoms with Crippen molar-refractivity contribution in [3.8, 4) is 11.5 Å². The Labute approximate surface area is 128 Å². The van der Waals surface area contributed by atoms with Gasteiger partial charge in [-0.15, -0.1) is 0 Å². The lowest BCUT2D eigenvalue weighted by Gasteiger charge is -2.24. The third-order valence-corrected chi connectivity index (χ3v) is 4.15. The van der Waals surface area contributed by atoms with Gasteiger partial charge in [-0.3, -0.25) is 9.69 Å². The van der Waals surface area contributed by atoms with Gasteiger partial charge in [0, 0.05) is 18.7 Å². The molecule has 2 N–H and O–H groups in total. The molecule has 1 saturated heterocycles. The van der Waals surface area contributed by atoms with E-state index in [4.69, 9.17) is 9.47 Å². The predicted octanol–water partition coefficient (Wildman–Crippen LogP) is -0.630. The van der Waals surface area contributed by atoms with Crippen LogP contribution in [0.25, 0.3) is 0 Å². The molecular formula is C15H20N3O4+. The zero-order valence-corrected chi connectivity index (χ0v) is 12.7. The van der Waals surface area contributed by atoms with E-state index in [0.29, 0.717) is 19.6 Å². The maximum Gasteiger partial charge on any atom is 0.324 e. The molecule has 7 heteroatoms. The lowest BCUT2D eigenvalue weighted by atomic mass is 10.1. The Hall–Kier alpha value is -2.28. The van der Waals surface area contributed by atoms with Crippen LogP contribution in [0.4, 0.5) is 4.79 Å². The number of carbonyl (C=O) groups is 2. The highest BCUT2D eigenvalue weighted by atomic mass is 16.7. The Kier molecular flexibility index (Phi) is 3.89. The molecule has 1 aromatic carbocycles. The van der Waals surface area contributed by atoms with E-state index >= 15 is 0 Å². The number of fused-ring (bicyclic) bond motifs is 1. The summed E-state index contributed by atoms with van der Waals surface area (Å²) in [5.74, 6) is 1.34. The van der Waals surface area contributed by atoms with Gasteiger partial charge in [0.25, 0.3) is 5.91 Å². The molecule has 0 aliphatic carbocycles. The third-order valence-electron chi connectivity index (χ3n) is 4.15. The van der Waals surface area contributed by atoms with Gasteiger partial charge in [-0.05, 0) is 25.1 Å². The smallest absolute Gasteiger partial charge is 0.324 e. The van der Waals surface area contributed by atoms with Gasteiger partial charge < -0.3 is 19.7 Å². The van der Waals surface area contributed by atoms with Gasteiger partial charge >= 0.3 is 6.03 Å². The minimum atomic E-state index is -0.298. The van der Waals surface area contributed by atoms with E-state index in [-0.39, 0.29) is 24.8 Å². The summed E-state index contributed by atoms with van der Waals surface area (Å²) < 4.78 is 10.7. The third kappa shape index (κ3) is 2.71. The molecule has 3 rings (SSSR count). The molecular weight excluding hydrogens is 286 g/mol. The first kappa shape index (κ1) is 14.6. The SMILES string of the molecule is C[C@H](C(=O)N1CCNC1=O)[NH+](C)Cc1ccc2c(c1)OCO2. The molecule has 2 aliphatic rings. The second kappa shape index (κ2) is 5.84. The first-order valence-electron chi connectivity index (χ1n) is 7.36. The van der Waals surface area contributed by atoms with Crippen LogP contribution in [0.2, 0.25) is 0 Å². The molecule has 0 radical (unpaired) electrons. The van der Waals surface area contributed by atoms with Gasteiger partial charge in [-0.2, -0.15) is 0 Å². The molecule has 2 aliphatic heterocycles. The summed E-state index contributed by atoms with van der Waals surface area (Å²) in [7, 11) is 1.95. The summed E-state index contributed by atoms with van der Waals surface area (Å²) in [5.41, 5.74) is 1.06. The van der Waals surface area contributed by atoms with Gasteiger partial charge in [0.05, 0.1) is 7.05 Å². The van der Waals surface area contributed by atoms with E-state index in [2.05, 4.69) is 5.32 Å². The summed E-state index contributed by atoms with van der Waals surface area (Å²) in [5, 5.41) is 2.65. The fourth-order valence-electron chi connectivity index (χ4n) is 2.65. The van der Waals surface area contributed by atoms with Gasteiger partial charge in [-0.25, -0.2) is 4.79 Å². The number of rotatable bonds is 4. The number of carbonyl (C=O) groups excluding carboxylic acids is 2. The molecule has 118 valence electrons. The number of likely N-dealkylation sites (N-methyl/N-ethyl adjacent to an activating group) is 1. The topological polar surface area (TPSA) is 72.3 Å². The number of quaternary nitrogens is 1. The predicted molar refractivity (Wildman–Crippen MR) is 77.7 cm³/mol. The van der Waals surface area contributed by atoms with Crippen LogP contribution in [0.3, 0.4) is 0 Å². The molecule has 0 aromatic heterocycles. The number of amides is 3. The maximum atomic E-state index is 12.4. The minimum absolute atomic E-state index is 0.145. The Morgan fingerprint density at radius 1 is 1.41 bits per heavy atom. The number of benzene rings is 1. The van der Waals surface area contributed by atoms with Gasteiger partial charge in [0.15, 0.2) is 17.5 Å². The van der Waals surface area contributed by atoms with Crippen LogP contribution < -0.4 is 19.7 Å². The Morgan fingerprint density at radius 2 is 2.18 bits per heavy atom. The van der Waals surface area contributed by atoms with Crippen molar-refractivity contribution in [2.24, 2.45) is 0 Å². The Balaban J connectivity index is 1.64. The van der Waals surface area contributed by atoms with Crippen LogP contribution in [0.1, 0.15) is 12.5 Å². The Morgan fingerprint density at radius 3 is 2.91 bits per heavy atom. The first-order chi connectivity index (χ1) is 10.6. The second-order valence-corrected chi connectivity index (χ2v) is 5.65. The number of nitrogens with zero attached hydrogens (tertiary/aromatic N) is 1. The molecule has 0 spiro atoms. The molecule has 0 bridgehead atoms. The highest BCUT2D eigenvalue weighted by molar-refractivity contribution is 5.97. The maximum absolute atomic E-state index is 12.4. The van der Waals surface area contributed by atoms with Crippen LogP contribution in [0, 0.1) is 0 Å². The number of hydrogen-bond acceptors (Lipinski definition) is 4. The van der Waals surface area contributed by atoms with Gasteiger partial charge in [0.2, 0.25) is 6.79 Å². The minimum Gasteiger partial charge on any atom is -0.454 e. The summed E-state index contributed by atoms with van der Waals surface area (Å²) in [6.45, 7) is 3.73. The zero-order valence-electron chi connectivity index (χ0n) is 12.7. The summed E-state index contributed by atoms with van der Waals surface area (Å²) in [6.07, 6.45) is 0. The van der Waals surface area contributed by atoms with Crippen LogP contribution in [0.5, 0.6) is 11.5 Å². The molecule has 1 unspecified atom stereocenters. The van der Waals surface area contributed by atoms with E-state index in [0.717, 1.165) is 22.0 Å². The van der Waals surface area contributed by atoms with Crippen molar-refractivity contribution in [3.05, 3.63) is 23.8 Å². The van der Waals surface area contributed by atoms with E-state index < -0.39 is 0 Å². The van der Waals surface area contributed by atoms with Crippen LogP contribution >= 0.6 is 0 Å². The van der Waals surface area contributed by atoms with E-state index in [1.54, 1.807) is 0 Å². The largest absolute Gasteiger partial charge is 0.454 e. The molecule has 7 nitrogen and oxygen atoms in total. The van der Waals surface area contributed by atoms with Crippen molar-refractivity contribution < 1.29 is 24.0 Å². The number of nitrogens with one attached hydrogen (secondary N) is 2. The summed E-state index contributed by atoms with van der Waals surface area (Å²) >= 11 is 0. The lowest BCUT2D eigenvalue weighted by molar-refractivity contribution is -0.908. The second-order valence-electron chi connectivity index (χ2n) is 5.65. The van der Waals surface area contributed by atoms with E-state index in [9.17, 15) is 9.59 Å². The normalized spacial score (nSPS) is 19.0. The van der Waals surface area contributed by atoms with Crippen molar-refractivity contribution >= 4 is 11.9 Å². The van der Waals surface area contributed by atoms with E-state index in [1.807, 2.05) is 32.2 Å². The van der Waals surface area contributed by atoms with Crippen molar-refractivity contribution in [3.63, 3.8) is 0 Å². The zero-order chi connectivity index (χ0) is 15.7. The van der Waals surface area contributed by atoms with Crippen LogP contribution in [-0.2, 0) is 11.3 Å². The van der Waals surface area contributed by atoms with Crippen molar-refractivity contribution in [2.45, 2.75) is 19.5 Å². The summed E-state index contributed by atoms with van der Waals surface area (Å²) in [6, 6.07) is 5.19. The number of ether oxygens (including phenoxy) is 2. The van der Waals surface area contributed by atoms with Gasteiger partial charge in [-0.1, -0.05) is 0 Å². The summed E-state index contributed by atoms with van der Waals surface area (Å²) in [4.78, 5) is 26.3. The molecule has 3 amide bonds. The highest BCUT2D eigenvalue weighted by Crippen LogP contribution is 2.32. The number of hydrogen-bond donors (Lipinski definition) is 2. The average molecular weight is 306 g/mol. The standard InChI is InChI=1S/C15H19N3O4/c1-10(14(19)18-6-5-16-15(18)20)17(2)8-11-3-4-12-13(7-11)22-9-21-12/h3-4,7,10H,5-6,8-9H2,1-2H3,(H,16,20)/p+1/t10-/m1/s1. The molecule has 22 heavy (non-hydrogen) atoms. The van der Waals surface area contributed by atoms with Crippen LogP contribution in [-0.4, -0.2) is 49.8 Å². The fraction of sp³-hybridized carbons (Fsp3) is 0.467. The van der Waals surface area contributed by atoms with Crippen LogP contribution in [0.15, 0.2) is 18.2 Å². The monoisotopic (exact) mass is 306 g/mol. The molecule has 2 heterocycles. The number of imide groups is 1. The molecule has 2 atom stereocenters. The lowest BCUT2D eigenvalue weighted by Crippen LogP contribution is -3.12. The van der Waals surface area contributed by atoms with Crippen molar-refractivity contribution in [1.29, 1.82) is 0 Å². The molecule has 1 fully saturated rings. The van der Waals surface area contributed by atoms with E-state index in [1.165, 1.54) is 4.90 Å². The fourth-order valence-corrected chi connectivity index (χ4v) is 2.65. The highest BCUT2D eigenvalue weighted by Gasteiger charge is 2.33. The number of urea groups is 1. The molecule has 0 saturated carbocycles.